The van der Waals surface area contributed by atoms with Crippen molar-refractivity contribution in [1.29, 1.82) is 0 Å². The number of benzene rings is 1. The molecule has 32 heavy (non-hydrogen) atoms. The minimum absolute atomic E-state index is 0.0137. The molecule has 14 heteroatoms. The summed E-state index contributed by atoms with van der Waals surface area (Å²) in [7, 11) is 0. The monoisotopic (exact) mass is 451 g/mol. The summed E-state index contributed by atoms with van der Waals surface area (Å²) in [6, 6.07) is 4.31. The van der Waals surface area contributed by atoms with Crippen LogP contribution in [0.25, 0.3) is 5.82 Å². The van der Waals surface area contributed by atoms with Crippen molar-refractivity contribution in [3.63, 3.8) is 0 Å². The van der Waals surface area contributed by atoms with Gasteiger partial charge in [-0.3, -0.25) is 9.69 Å². The molecule has 11 nitrogen and oxygen atoms in total. The third-order valence-electron chi connectivity index (χ3n) is 4.54. The minimum Gasteiger partial charge on any atom is -0.378 e. The van der Waals surface area contributed by atoms with Gasteiger partial charge < -0.3 is 5.73 Å². The largest absolute Gasteiger partial charge is 0.416 e. The van der Waals surface area contributed by atoms with Crippen LogP contribution in [0.4, 0.5) is 19.0 Å². The second-order valence-corrected chi connectivity index (χ2v) is 6.55. The van der Waals surface area contributed by atoms with Crippen LogP contribution in [0.5, 0.6) is 0 Å². The molecule has 2 heterocycles. The molecule has 0 aliphatic carbocycles. The maximum Gasteiger partial charge on any atom is 0.416 e. The Kier molecular flexibility index (Phi) is 6.82. The van der Waals surface area contributed by atoms with Gasteiger partial charge in [-0.2, -0.15) is 23.0 Å². The van der Waals surface area contributed by atoms with Crippen LogP contribution < -0.4 is 11.2 Å². The van der Waals surface area contributed by atoms with Gasteiger partial charge in [0.2, 0.25) is 11.6 Å². The fourth-order valence-corrected chi connectivity index (χ4v) is 2.77. The molecule has 0 unspecified atom stereocenters. The number of aromatic nitrogens is 5. The number of hydrogen-bond donors (Lipinski definition) is 2. The molecule has 0 saturated carbocycles. The number of amides is 1. The first-order chi connectivity index (χ1) is 15.2. The normalized spacial score (nSPS) is 12.1. The molecule has 0 aliphatic rings. The predicted octanol–water partition coefficient (Wildman–Crippen LogP) is 1.86. The zero-order chi connectivity index (χ0) is 23.3. The summed E-state index contributed by atoms with van der Waals surface area (Å²) in [5, 5.41) is 18.9. The molecule has 0 radical (unpaired) electrons. The van der Waals surface area contributed by atoms with Crippen molar-refractivity contribution in [2.45, 2.75) is 26.6 Å². The molecule has 0 saturated heterocycles. The van der Waals surface area contributed by atoms with Crippen molar-refractivity contribution < 1.29 is 22.6 Å². The van der Waals surface area contributed by atoms with Crippen LogP contribution in [-0.2, 0) is 12.7 Å². The van der Waals surface area contributed by atoms with Gasteiger partial charge in [0.15, 0.2) is 5.69 Å². The number of nitrogens with one attached hydrogen (secondary N) is 1. The molecule has 3 rings (SSSR count). The second-order valence-electron chi connectivity index (χ2n) is 6.55. The Morgan fingerprint density at radius 1 is 1.25 bits per heavy atom. The zero-order valence-corrected chi connectivity index (χ0v) is 17.2. The van der Waals surface area contributed by atoms with E-state index in [1.165, 1.54) is 18.3 Å². The second kappa shape index (κ2) is 9.55. The molecular formula is C18H20F3N9O2. The number of anilines is 1. The molecule has 1 amide bonds. The van der Waals surface area contributed by atoms with Crippen LogP contribution in [0.1, 0.15) is 41.2 Å². The van der Waals surface area contributed by atoms with E-state index in [1.54, 1.807) is 0 Å². The average molecular weight is 451 g/mol. The minimum atomic E-state index is -4.44. The molecule has 3 N–H and O–H groups in total. The van der Waals surface area contributed by atoms with Gasteiger partial charge in [0.25, 0.3) is 5.91 Å². The first-order valence-electron chi connectivity index (χ1n) is 9.50. The number of hydrogen-bond acceptors (Lipinski definition) is 9. The van der Waals surface area contributed by atoms with Gasteiger partial charge in [-0.15, -0.1) is 5.10 Å². The highest BCUT2D eigenvalue weighted by molar-refractivity contribution is 5.95. The van der Waals surface area contributed by atoms with Crippen LogP contribution >= 0.6 is 0 Å². The number of nitrogens with zero attached hydrogens (tertiary/aromatic N) is 7. The molecule has 2 aromatic heterocycles. The van der Waals surface area contributed by atoms with Crippen LogP contribution in [0.15, 0.2) is 34.0 Å². The zero-order valence-electron chi connectivity index (χ0n) is 17.2. The highest BCUT2D eigenvalue weighted by Gasteiger charge is 2.30. The lowest BCUT2D eigenvalue weighted by Crippen LogP contribution is -2.27. The van der Waals surface area contributed by atoms with Crippen LogP contribution in [0.3, 0.4) is 0 Å². The van der Waals surface area contributed by atoms with Gasteiger partial charge in [-0.1, -0.05) is 31.2 Å². The van der Waals surface area contributed by atoms with Crippen molar-refractivity contribution in [3.05, 3.63) is 46.8 Å². The van der Waals surface area contributed by atoms with Crippen LogP contribution in [-0.4, -0.2) is 55.4 Å². The van der Waals surface area contributed by atoms with E-state index in [2.05, 4.69) is 35.8 Å². The molecule has 3 aromatic rings. The highest BCUT2D eigenvalue weighted by Crippen LogP contribution is 2.28. The highest BCUT2D eigenvalue weighted by atomic mass is 19.4. The van der Waals surface area contributed by atoms with Crippen LogP contribution in [0.2, 0.25) is 0 Å². The number of alkyl halides is 3. The number of carbonyl (C=O) groups is 1. The van der Waals surface area contributed by atoms with E-state index >= 15 is 0 Å². The van der Waals surface area contributed by atoms with E-state index < -0.39 is 17.6 Å². The standard InChI is InChI=1S/C18H20F3N9O2/c1-3-29(4-2)10-13-14(30(28-24-13)16-15(22)26-32-27-16)17(31)25-23-9-11-5-7-12(8-6-11)18(19,20)21/h5-9H,3-4,10H2,1-2H3,(H2,22,26)(H,25,31)/b23-9+. The summed E-state index contributed by atoms with van der Waals surface area (Å²) in [6.45, 7) is 5.67. The van der Waals surface area contributed by atoms with Gasteiger partial charge in [-0.05, 0) is 41.1 Å². The summed E-state index contributed by atoms with van der Waals surface area (Å²) in [6.07, 6.45) is -3.23. The lowest BCUT2D eigenvalue weighted by molar-refractivity contribution is -0.137. The molecular weight excluding hydrogens is 431 g/mol. The first-order valence-corrected chi connectivity index (χ1v) is 9.50. The van der Waals surface area contributed by atoms with Crippen molar-refractivity contribution >= 4 is 17.9 Å². The van der Waals surface area contributed by atoms with Gasteiger partial charge in [0, 0.05) is 6.54 Å². The smallest absolute Gasteiger partial charge is 0.378 e. The quantitative estimate of drug-likeness (QED) is 0.391. The fourth-order valence-electron chi connectivity index (χ4n) is 2.77. The van der Waals surface area contributed by atoms with E-state index in [4.69, 9.17) is 5.73 Å². The van der Waals surface area contributed by atoms with Gasteiger partial charge in [0.05, 0.1) is 11.8 Å². The maximum absolute atomic E-state index is 12.9. The van der Waals surface area contributed by atoms with Crippen LogP contribution in [0, 0.1) is 0 Å². The van der Waals surface area contributed by atoms with E-state index in [0.717, 1.165) is 16.8 Å². The Hall–Kier alpha value is -3.81. The van der Waals surface area contributed by atoms with Crippen molar-refractivity contribution in [2.24, 2.45) is 5.10 Å². The van der Waals surface area contributed by atoms with Crippen molar-refractivity contribution in [2.75, 3.05) is 18.8 Å². The Labute approximate surface area is 180 Å². The molecule has 0 spiro atoms. The predicted molar refractivity (Wildman–Crippen MR) is 107 cm³/mol. The summed E-state index contributed by atoms with van der Waals surface area (Å²) in [5.74, 6) is -0.783. The van der Waals surface area contributed by atoms with E-state index in [-0.39, 0.29) is 17.3 Å². The number of rotatable bonds is 8. The van der Waals surface area contributed by atoms with E-state index in [1.807, 2.05) is 18.7 Å². The molecule has 0 fully saturated rings. The average Bonchev–Trinajstić information content (AvgIpc) is 3.37. The fraction of sp³-hybridized carbons (Fsp3) is 0.333. The summed E-state index contributed by atoms with van der Waals surface area (Å²) >= 11 is 0. The number of nitrogens with two attached hydrogens (primary N) is 1. The van der Waals surface area contributed by atoms with Crippen molar-refractivity contribution in [3.8, 4) is 5.82 Å². The van der Waals surface area contributed by atoms with E-state index in [9.17, 15) is 18.0 Å². The Bertz CT molecular complexity index is 1090. The Balaban J connectivity index is 1.83. The summed E-state index contributed by atoms with van der Waals surface area (Å²) in [4.78, 5) is 14.9. The lowest BCUT2D eigenvalue weighted by Gasteiger charge is -2.16. The third-order valence-corrected chi connectivity index (χ3v) is 4.54. The number of nitrogen functional groups attached to an aromatic ring is 1. The number of hydrazone groups is 1. The van der Waals surface area contributed by atoms with E-state index in [0.29, 0.717) is 30.9 Å². The number of carbonyl (C=O) groups excluding carboxylic acids is 1. The molecule has 1 aromatic carbocycles. The summed E-state index contributed by atoms with van der Waals surface area (Å²) in [5.41, 5.74) is 7.97. The SMILES string of the molecule is CCN(CC)Cc1nnn(-c2nonc2N)c1C(=O)N/N=C/c1ccc(C(F)(F)F)cc1. The number of halogens is 3. The molecule has 0 atom stereocenters. The lowest BCUT2D eigenvalue weighted by atomic mass is 10.1. The molecule has 0 bridgehead atoms. The van der Waals surface area contributed by atoms with Gasteiger partial charge in [0.1, 0.15) is 5.69 Å². The van der Waals surface area contributed by atoms with Crippen molar-refractivity contribution in [1.82, 2.24) is 35.6 Å². The first kappa shape index (κ1) is 22.9. The van der Waals surface area contributed by atoms with Gasteiger partial charge >= 0.3 is 6.18 Å². The summed E-state index contributed by atoms with van der Waals surface area (Å²) < 4.78 is 43.7. The Morgan fingerprint density at radius 2 is 1.94 bits per heavy atom. The Morgan fingerprint density at radius 3 is 2.50 bits per heavy atom. The third kappa shape index (κ3) is 5.08. The molecule has 170 valence electrons. The molecule has 0 aliphatic heterocycles. The maximum atomic E-state index is 12.9. The van der Waals surface area contributed by atoms with Gasteiger partial charge in [-0.25, -0.2) is 10.1 Å². The topological polar surface area (TPSA) is 140 Å².